The summed E-state index contributed by atoms with van der Waals surface area (Å²) in [5.74, 6) is 0. The summed E-state index contributed by atoms with van der Waals surface area (Å²) in [4.78, 5) is 2.27. The van der Waals surface area contributed by atoms with E-state index in [4.69, 9.17) is 16.3 Å². The molecule has 6 heteroatoms. The lowest BCUT2D eigenvalue weighted by Gasteiger charge is -2.24. The number of nitrogens with zero attached hydrogens (tertiary/aromatic N) is 2. The highest BCUT2D eigenvalue weighted by molar-refractivity contribution is 6.30. The number of aromatic nitrogens is 2. The van der Waals surface area contributed by atoms with Crippen LogP contribution in [0.25, 0.3) is 0 Å². The van der Waals surface area contributed by atoms with Gasteiger partial charge in [0.1, 0.15) is 0 Å². The molecule has 0 spiro atoms. The van der Waals surface area contributed by atoms with Crippen molar-refractivity contribution in [1.82, 2.24) is 15.1 Å². The molecule has 4 rings (SSSR count). The summed E-state index contributed by atoms with van der Waals surface area (Å²) in [6.07, 6.45) is 2.30. The molecule has 2 aromatic rings. The lowest BCUT2D eigenvalue weighted by atomic mass is 9.94. The topological polar surface area (TPSA) is 61.4 Å². The minimum Gasteiger partial charge on any atom is -0.388 e. The molecule has 1 aromatic carbocycles. The Labute approximate surface area is 146 Å². The highest BCUT2D eigenvalue weighted by Crippen LogP contribution is 2.28. The van der Waals surface area contributed by atoms with Gasteiger partial charge < -0.3 is 9.84 Å². The average molecular weight is 348 g/mol. The van der Waals surface area contributed by atoms with Crippen LogP contribution in [0.15, 0.2) is 24.3 Å². The van der Waals surface area contributed by atoms with Crippen LogP contribution in [0.2, 0.25) is 5.02 Å². The number of fused-ring (bicyclic) bond motifs is 1. The smallest absolute Gasteiger partial charge is 0.0826 e. The van der Waals surface area contributed by atoms with Gasteiger partial charge in [0.25, 0.3) is 0 Å². The van der Waals surface area contributed by atoms with Gasteiger partial charge in [-0.05, 0) is 24.1 Å². The van der Waals surface area contributed by atoms with Crippen molar-refractivity contribution in [2.24, 2.45) is 0 Å². The second kappa shape index (κ2) is 6.48. The van der Waals surface area contributed by atoms with Crippen molar-refractivity contribution in [2.75, 3.05) is 19.7 Å². The molecular weight excluding hydrogens is 326 g/mol. The zero-order chi connectivity index (χ0) is 16.6. The molecule has 1 fully saturated rings. The monoisotopic (exact) mass is 347 g/mol. The van der Waals surface area contributed by atoms with Gasteiger partial charge in [-0.15, -0.1) is 0 Å². The molecule has 1 aromatic heterocycles. The van der Waals surface area contributed by atoms with Gasteiger partial charge in [-0.1, -0.05) is 23.7 Å². The van der Waals surface area contributed by atoms with Gasteiger partial charge in [-0.2, -0.15) is 5.10 Å². The van der Waals surface area contributed by atoms with E-state index >= 15 is 0 Å². The number of aliphatic hydroxyl groups is 1. The first-order valence-electron chi connectivity index (χ1n) is 8.43. The molecule has 0 amide bonds. The van der Waals surface area contributed by atoms with Crippen molar-refractivity contribution < 1.29 is 9.84 Å². The molecule has 1 atom stereocenters. The number of hydrogen-bond donors (Lipinski definition) is 2. The fourth-order valence-electron chi connectivity index (χ4n) is 3.76. The summed E-state index contributed by atoms with van der Waals surface area (Å²) in [5, 5.41) is 19.2. The second-order valence-corrected chi connectivity index (χ2v) is 7.36. The standard InChI is InChI=1S/C18H22ClN3O2/c19-14-3-1-2-13(8-14)9-18(23)5-6-22(12-18)10-17-15-11-24-7-4-16(15)20-21-17/h1-3,8,23H,4-7,9-12H2,(H,20,21)/t18-/m1/s1. The third-order valence-corrected chi connectivity index (χ3v) is 5.22. The number of β-amino-alcohol motifs (C(OH)–C–C–N with tert-alkyl or cyclic N) is 1. The van der Waals surface area contributed by atoms with E-state index in [1.165, 1.54) is 11.3 Å². The van der Waals surface area contributed by atoms with Gasteiger partial charge in [0.05, 0.1) is 24.5 Å². The van der Waals surface area contributed by atoms with Gasteiger partial charge in [-0.25, -0.2) is 0 Å². The van der Waals surface area contributed by atoms with E-state index in [2.05, 4.69) is 15.1 Å². The van der Waals surface area contributed by atoms with Gasteiger partial charge in [0, 0.05) is 48.8 Å². The number of halogens is 1. The maximum atomic E-state index is 10.9. The van der Waals surface area contributed by atoms with Gasteiger partial charge in [-0.3, -0.25) is 10.00 Å². The van der Waals surface area contributed by atoms with Crippen molar-refractivity contribution in [3.63, 3.8) is 0 Å². The maximum absolute atomic E-state index is 10.9. The van der Waals surface area contributed by atoms with E-state index in [0.717, 1.165) is 43.8 Å². The summed E-state index contributed by atoms with van der Waals surface area (Å²) < 4.78 is 5.55. The van der Waals surface area contributed by atoms with Crippen LogP contribution in [0.1, 0.15) is 28.9 Å². The highest BCUT2D eigenvalue weighted by Gasteiger charge is 2.36. The van der Waals surface area contributed by atoms with Crippen LogP contribution in [0.5, 0.6) is 0 Å². The van der Waals surface area contributed by atoms with Gasteiger partial charge in [0.15, 0.2) is 0 Å². The molecule has 24 heavy (non-hydrogen) atoms. The van der Waals surface area contributed by atoms with Crippen LogP contribution in [-0.4, -0.2) is 45.5 Å². The van der Waals surface area contributed by atoms with Gasteiger partial charge >= 0.3 is 0 Å². The third kappa shape index (κ3) is 3.35. The van der Waals surface area contributed by atoms with Crippen LogP contribution < -0.4 is 0 Å². The third-order valence-electron chi connectivity index (χ3n) is 4.99. The number of hydrogen-bond acceptors (Lipinski definition) is 4. The normalized spacial score (nSPS) is 24.2. The van der Waals surface area contributed by atoms with Crippen LogP contribution >= 0.6 is 11.6 Å². The molecule has 0 unspecified atom stereocenters. The van der Waals surface area contributed by atoms with E-state index < -0.39 is 5.60 Å². The minimum absolute atomic E-state index is 0.631. The largest absolute Gasteiger partial charge is 0.388 e. The van der Waals surface area contributed by atoms with Crippen molar-refractivity contribution >= 4 is 11.6 Å². The molecule has 3 heterocycles. The average Bonchev–Trinajstić information content (AvgIpc) is 3.12. The SMILES string of the molecule is O[C@@]1(Cc2cccc(Cl)c2)CCN(Cc2n[nH]c3c2COCC3)C1. The Hall–Kier alpha value is -1.40. The first-order chi connectivity index (χ1) is 11.6. The molecule has 5 nitrogen and oxygen atoms in total. The predicted octanol–water partition coefficient (Wildman–Crippen LogP) is 2.32. The first kappa shape index (κ1) is 16.1. The fraction of sp³-hybridized carbons (Fsp3) is 0.500. The Morgan fingerprint density at radius 3 is 3.21 bits per heavy atom. The second-order valence-electron chi connectivity index (χ2n) is 6.92. The number of aromatic amines is 1. The zero-order valence-corrected chi connectivity index (χ0v) is 14.4. The Balaban J connectivity index is 1.41. The number of likely N-dealkylation sites (tertiary alicyclic amines) is 1. The molecule has 0 aliphatic carbocycles. The molecule has 1 saturated heterocycles. The lowest BCUT2D eigenvalue weighted by molar-refractivity contribution is 0.0485. The lowest BCUT2D eigenvalue weighted by Crippen LogP contribution is -2.35. The van der Waals surface area contributed by atoms with Crippen LogP contribution in [0.4, 0.5) is 0 Å². The number of H-pyrrole nitrogens is 1. The molecule has 0 bridgehead atoms. The molecule has 0 saturated carbocycles. The first-order valence-corrected chi connectivity index (χ1v) is 8.81. The van der Waals surface area contributed by atoms with E-state index in [1.54, 1.807) is 0 Å². The maximum Gasteiger partial charge on any atom is 0.0826 e. The van der Waals surface area contributed by atoms with Crippen molar-refractivity contribution in [1.29, 1.82) is 0 Å². The molecule has 2 aliphatic rings. The van der Waals surface area contributed by atoms with Crippen molar-refractivity contribution in [2.45, 2.75) is 38.0 Å². The minimum atomic E-state index is -0.697. The highest BCUT2D eigenvalue weighted by atomic mass is 35.5. The summed E-state index contributed by atoms with van der Waals surface area (Å²) in [6.45, 7) is 3.69. The summed E-state index contributed by atoms with van der Waals surface area (Å²) in [6, 6.07) is 7.75. The number of nitrogens with one attached hydrogen (secondary N) is 1. The molecule has 2 aliphatic heterocycles. The Bertz CT molecular complexity index is 733. The number of benzene rings is 1. The molecule has 2 N–H and O–H groups in total. The van der Waals surface area contributed by atoms with E-state index in [0.29, 0.717) is 24.6 Å². The summed E-state index contributed by atoms with van der Waals surface area (Å²) in [5.41, 5.74) is 3.84. The number of rotatable bonds is 4. The fourth-order valence-corrected chi connectivity index (χ4v) is 3.97. The summed E-state index contributed by atoms with van der Waals surface area (Å²) >= 11 is 6.05. The van der Waals surface area contributed by atoms with E-state index in [9.17, 15) is 5.11 Å². The Morgan fingerprint density at radius 1 is 1.42 bits per heavy atom. The Morgan fingerprint density at radius 2 is 2.33 bits per heavy atom. The number of ether oxygens (including phenoxy) is 1. The molecule has 128 valence electrons. The van der Waals surface area contributed by atoms with Gasteiger partial charge in [0.2, 0.25) is 0 Å². The predicted molar refractivity (Wildman–Crippen MR) is 91.9 cm³/mol. The van der Waals surface area contributed by atoms with Crippen LogP contribution in [0, 0.1) is 0 Å². The van der Waals surface area contributed by atoms with Crippen LogP contribution in [0.3, 0.4) is 0 Å². The van der Waals surface area contributed by atoms with E-state index in [1.807, 2.05) is 24.3 Å². The van der Waals surface area contributed by atoms with Crippen LogP contribution in [-0.2, 0) is 30.7 Å². The van der Waals surface area contributed by atoms with E-state index in [-0.39, 0.29) is 0 Å². The summed E-state index contributed by atoms with van der Waals surface area (Å²) in [7, 11) is 0. The molecule has 0 radical (unpaired) electrons. The quantitative estimate of drug-likeness (QED) is 0.891. The Kier molecular flexibility index (Phi) is 4.35. The van der Waals surface area contributed by atoms with Crippen molar-refractivity contribution in [3.8, 4) is 0 Å². The zero-order valence-electron chi connectivity index (χ0n) is 13.6. The van der Waals surface area contributed by atoms with Crippen molar-refractivity contribution in [3.05, 3.63) is 51.8 Å². The molecular formula is C18H22ClN3O2.